The Bertz CT molecular complexity index is 421. The number of amides is 1. The van der Waals surface area contributed by atoms with Gasteiger partial charge < -0.3 is 30.4 Å². The molecule has 1 aromatic rings. The van der Waals surface area contributed by atoms with Gasteiger partial charge in [-0.3, -0.25) is 4.79 Å². The molecule has 1 amide bonds. The summed E-state index contributed by atoms with van der Waals surface area (Å²) in [6.45, 7) is -0.411. The van der Waals surface area contributed by atoms with Crippen LogP contribution in [-0.2, 0) is 4.74 Å². The number of rotatable bonds is 3. The number of nitrogens with zero attached hydrogens (tertiary/aromatic N) is 2. The monoisotopic (exact) mass is 243 g/mol. The average Bonchev–Trinajstić information content (AvgIpc) is 2.87. The number of nitrogens with two attached hydrogens (primary N) is 1. The lowest BCUT2D eigenvalue weighted by atomic mass is 10.1. The van der Waals surface area contributed by atoms with Gasteiger partial charge in [-0.25, -0.2) is 4.98 Å². The molecule has 2 rings (SSSR count). The van der Waals surface area contributed by atoms with Gasteiger partial charge >= 0.3 is 0 Å². The molecule has 1 aliphatic rings. The lowest BCUT2D eigenvalue weighted by Crippen LogP contribution is -2.33. The first kappa shape index (κ1) is 12.0. The van der Waals surface area contributed by atoms with Gasteiger partial charge in [0.15, 0.2) is 6.23 Å². The van der Waals surface area contributed by atoms with E-state index in [-0.39, 0.29) is 5.69 Å². The molecule has 17 heavy (non-hydrogen) atoms. The van der Waals surface area contributed by atoms with Crippen LogP contribution in [0.15, 0.2) is 12.5 Å². The van der Waals surface area contributed by atoms with Crippen LogP contribution in [0.1, 0.15) is 16.7 Å². The first-order chi connectivity index (χ1) is 8.04. The summed E-state index contributed by atoms with van der Waals surface area (Å²) in [6, 6.07) is 0. The number of hydrogen-bond donors (Lipinski definition) is 4. The van der Waals surface area contributed by atoms with Gasteiger partial charge in [0.05, 0.1) is 12.9 Å². The molecule has 0 saturated carbocycles. The number of aliphatic hydroxyl groups excluding tert-OH is 3. The third-order valence-electron chi connectivity index (χ3n) is 2.66. The first-order valence-electron chi connectivity index (χ1n) is 5.00. The van der Waals surface area contributed by atoms with Crippen LogP contribution in [0.25, 0.3) is 0 Å². The molecule has 0 aliphatic carbocycles. The molecule has 0 bridgehead atoms. The maximum absolute atomic E-state index is 10.8. The molecular weight excluding hydrogens is 230 g/mol. The molecule has 1 fully saturated rings. The van der Waals surface area contributed by atoms with Gasteiger partial charge in [-0.05, 0) is 0 Å². The molecule has 0 aromatic carbocycles. The Labute approximate surface area is 96.3 Å². The van der Waals surface area contributed by atoms with E-state index in [2.05, 4.69) is 4.98 Å². The number of aliphatic hydroxyl groups is 3. The summed E-state index contributed by atoms with van der Waals surface area (Å²) in [5.74, 6) is -0.699. The number of ether oxygens (including phenoxy) is 1. The SMILES string of the molecule is NC(=O)c1cn([C@@H]2O[C@H](CO)C(O)[C@@H]2O)cn1. The van der Waals surface area contributed by atoms with Gasteiger partial charge in [0, 0.05) is 6.20 Å². The topological polar surface area (TPSA) is 131 Å². The van der Waals surface area contributed by atoms with Crippen molar-refractivity contribution in [2.45, 2.75) is 24.5 Å². The fraction of sp³-hybridized carbons (Fsp3) is 0.556. The first-order valence-corrected chi connectivity index (χ1v) is 5.00. The normalized spacial score (nSPS) is 32.9. The highest BCUT2D eigenvalue weighted by atomic mass is 16.6. The highest BCUT2D eigenvalue weighted by Gasteiger charge is 2.43. The Morgan fingerprint density at radius 1 is 1.53 bits per heavy atom. The van der Waals surface area contributed by atoms with E-state index in [0.717, 1.165) is 0 Å². The standard InChI is InChI=1S/C9H13N3O5/c10-8(16)4-1-12(3-11-4)9-7(15)6(14)5(2-13)17-9/h1,3,5-7,9,13-15H,2H2,(H2,10,16)/t5-,6?,7+,9-/m1/s1. The van der Waals surface area contributed by atoms with Crippen molar-refractivity contribution in [3.8, 4) is 0 Å². The van der Waals surface area contributed by atoms with Gasteiger partial charge in [0.2, 0.25) is 0 Å². The minimum absolute atomic E-state index is 0.0303. The minimum Gasteiger partial charge on any atom is -0.394 e. The van der Waals surface area contributed by atoms with Crippen LogP contribution >= 0.6 is 0 Å². The van der Waals surface area contributed by atoms with Crippen molar-refractivity contribution in [3.63, 3.8) is 0 Å². The predicted octanol–water partition coefficient (Wildman–Crippen LogP) is -2.41. The average molecular weight is 243 g/mol. The Balaban J connectivity index is 2.19. The second kappa shape index (κ2) is 4.41. The molecule has 8 nitrogen and oxygen atoms in total. The van der Waals surface area contributed by atoms with Crippen molar-refractivity contribution in [1.82, 2.24) is 9.55 Å². The predicted molar refractivity (Wildman–Crippen MR) is 53.8 cm³/mol. The van der Waals surface area contributed by atoms with Crippen LogP contribution in [-0.4, -0.2) is 55.7 Å². The molecular formula is C9H13N3O5. The van der Waals surface area contributed by atoms with Crippen molar-refractivity contribution in [3.05, 3.63) is 18.2 Å². The van der Waals surface area contributed by atoms with Gasteiger partial charge in [-0.2, -0.15) is 0 Å². The Hall–Kier alpha value is -1.48. The number of imidazole rings is 1. The molecule has 4 atom stereocenters. The number of aromatic nitrogens is 2. The summed E-state index contributed by atoms with van der Waals surface area (Å²) in [4.78, 5) is 14.6. The van der Waals surface area contributed by atoms with Crippen LogP contribution in [0.5, 0.6) is 0 Å². The van der Waals surface area contributed by atoms with E-state index in [0.29, 0.717) is 0 Å². The molecule has 8 heteroatoms. The smallest absolute Gasteiger partial charge is 0.268 e. The Morgan fingerprint density at radius 3 is 2.71 bits per heavy atom. The van der Waals surface area contributed by atoms with E-state index in [4.69, 9.17) is 15.6 Å². The van der Waals surface area contributed by atoms with Crippen molar-refractivity contribution in [2.24, 2.45) is 5.73 Å². The summed E-state index contributed by atoms with van der Waals surface area (Å²) in [7, 11) is 0. The number of hydrogen-bond acceptors (Lipinski definition) is 6. The largest absolute Gasteiger partial charge is 0.394 e. The molecule has 5 N–H and O–H groups in total. The second-order valence-electron chi connectivity index (χ2n) is 3.80. The van der Waals surface area contributed by atoms with Gasteiger partial charge in [0.25, 0.3) is 5.91 Å². The van der Waals surface area contributed by atoms with Crippen LogP contribution in [0.2, 0.25) is 0 Å². The van der Waals surface area contributed by atoms with E-state index < -0.39 is 37.1 Å². The fourth-order valence-corrected chi connectivity index (χ4v) is 1.73. The fourth-order valence-electron chi connectivity index (χ4n) is 1.73. The number of carbonyl (C=O) groups is 1. The Morgan fingerprint density at radius 2 is 2.24 bits per heavy atom. The van der Waals surface area contributed by atoms with E-state index in [1.54, 1.807) is 0 Å². The van der Waals surface area contributed by atoms with Crippen molar-refractivity contribution < 1.29 is 24.9 Å². The zero-order chi connectivity index (χ0) is 12.6. The van der Waals surface area contributed by atoms with E-state index in [9.17, 15) is 15.0 Å². The molecule has 0 radical (unpaired) electrons. The summed E-state index contributed by atoms with van der Waals surface area (Å²) in [5, 5.41) is 28.2. The maximum atomic E-state index is 10.8. The lowest BCUT2D eigenvalue weighted by Gasteiger charge is -2.15. The number of primary amides is 1. The highest BCUT2D eigenvalue weighted by Crippen LogP contribution is 2.29. The third-order valence-corrected chi connectivity index (χ3v) is 2.66. The molecule has 0 spiro atoms. The molecule has 1 aromatic heterocycles. The zero-order valence-corrected chi connectivity index (χ0v) is 8.80. The van der Waals surface area contributed by atoms with Gasteiger partial charge in [0.1, 0.15) is 24.0 Å². The molecule has 1 saturated heterocycles. The van der Waals surface area contributed by atoms with Crippen LogP contribution in [0.3, 0.4) is 0 Å². The van der Waals surface area contributed by atoms with Crippen LogP contribution in [0, 0.1) is 0 Å². The quantitative estimate of drug-likeness (QED) is 0.468. The van der Waals surface area contributed by atoms with Crippen molar-refractivity contribution in [1.29, 1.82) is 0 Å². The summed E-state index contributed by atoms with van der Waals surface area (Å²) in [5.41, 5.74) is 5.06. The van der Waals surface area contributed by atoms with Crippen LogP contribution < -0.4 is 5.73 Å². The highest BCUT2D eigenvalue weighted by molar-refractivity contribution is 5.90. The minimum atomic E-state index is -1.21. The van der Waals surface area contributed by atoms with E-state index >= 15 is 0 Å². The van der Waals surface area contributed by atoms with Crippen LogP contribution in [0.4, 0.5) is 0 Å². The zero-order valence-electron chi connectivity index (χ0n) is 8.80. The van der Waals surface area contributed by atoms with Crippen molar-refractivity contribution in [2.75, 3.05) is 6.61 Å². The third kappa shape index (κ3) is 2.03. The number of carbonyl (C=O) groups excluding carboxylic acids is 1. The molecule has 2 heterocycles. The van der Waals surface area contributed by atoms with Crippen molar-refractivity contribution >= 4 is 5.91 Å². The summed E-state index contributed by atoms with van der Waals surface area (Å²) in [6.07, 6.45) is -1.59. The van der Waals surface area contributed by atoms with E-state index in [1.165, 1.54) is 17.1 Å². The second-order valence-corrected chi connectivity index (χ2v) is 3.80. The van der Waals surface area contributed by atoms with E-state index in [1.807, 2.05) is 0 Å². The van der Waals surface area contributed by atoms with Gasteiger partial charge in [-0.15, -0.1) is 0 Å². The molecule has 1 aliphatic heterocycles. The van der Waals surface area contributed by atoms with Gasteiger partial charge in [-0.1, -0.05) is 0 Å². The molecule has 1 unspecified atom stereocenters. The lowest BCUT2D eigenvalue weighted by molar-refractivity contribution is -0.0528. The summed E-state index contributed by atoms with van der Waals surface area (Å²) >= 11 is 0. The summed E-state index contributed by atoms with van der Waals surface area (Å²) < 4.78 is 6.56. The Kier molecular flexibility index (Phi) is 3.11. The molecule has 94 valence electrons. The maximum Gasteiger partial charge on any atom is 0.268 e.